The SMILES string of the molecule is COC(CC(CN)N1CCCC(C)C1C)OC. The van der Waals surface area contributed by atoms with Crippen LogP contribution in [0, 0.1) is 5.92 Å². The van der Waals surface area contributed by atoms with Crippen molar-refractivity contribution in [2.45, 2.75) is 51.5 Å². The summed E-state index contributed by atoms with van der Waals surface area (Å²) >= 11 is 0. The Balaban J connectivity index is 2.59. The van der Waals surface area contributed by atoms with Crippen molar-refractivity contribution in [1.82, 2.24) is 4.90 Å². The van der Waals surface area contributed by atoms with E-state index in [2.05, 4.69) is 18.7 Å². The summed E-state index contributed by atoms with van der Waals surface area (Å²) in [6, 6.07) is 0.962. The van der Waals surface area contributed by atoms with Crippen molar-refractivity contribution in [1.29, 1.82) is 0 Å². The number of hydrogen-bond donors (Lipinski definition) is 1. The third kappa shape index (κ3) is 3.91. The van der Waals surface area contributed by atoms with Gasteiger partial charge in [-0.25, -0.2) is 0 Å². The summed E-state index contributed by atoms with van der Waals surface area (Å²) in [5, 5.41) is 0. The molecule has 0 aromatic carbocycles. The van der Waals surface area contributed by atoms with Gasteiger partial charge in [-0.15, -0.1) is 0 Å². The molecule has 2 N–H and O–H groups in total. The van der Waals surface area contributed by atoms with Gasteiger partial charge in [0.15, 0.2) is 6.29 Å². The fraction of sp³-hybridized carbons (Fsp3) is 1.00. The minimum atomic E-state index is -0.145. The predicted molar refractivity (Wildman–Crippen MR) is 69.8 cm³/mol. The van der Waals surface area contributed by atoms with Gasteiger partial charge in [0.05, 0.1) is 0 Å². The molecule has 0 aromatic heterocycles. The largest absolute Gasteiger partial charge is 0.356 e. The molecule has 0 radical (unpaired) electrons. The van der Waals surface area contributed by atoms with E-state index in [0.29, 0.717) is 18.6 Å². The second-order valence-electron chi connectivity index (χ2n) is 5.12. The highest BCUT2D eigenvalue weighted by Crippen LogP contribution is 2.26. The number of hydrogen-bond acceptors (Lipinski definition) is 4. The van der Waals surface area contributed by atoms with Crippen LogP contribution >= 0.6 is 0 Å². The molecule has 1 aliphatic heterocycles. The predicted octanol–water partition coefficient (Wildman–Crippen LogP) is 1.44. The molecule has 0 aromatic rings. The summed E-state index contributed by atoms with van der Waals surface area (Å²) in [4.78, 5) is 2.53. The summed E-state index contributed by atoms with van der Waals surface area (Å²) in [7, 11) is 3.37. The molecule has 1 saturated heterocycles. The van der Waals surface area contributed by atoms with Gasteiger partial charge >= 0.3 is 0 Å². The van der Waals surface area contributed by atoms with Crippen molar-refractivity contribution < 1.29 is 9.47 Å². The maximum Gasteiger partial charge on any atom is 0.158 e. The molecular weight excluding hydrogens is 216 g/mol. The van der Waals surface area contributed by atoms with E-state index in [9.17, 15) is 0 Å². The smallest absolute Gasteiger partial charge is 0.158 e. The Kier molecular flexibility index (Phi) is 6.41. The molecule has 0 amide bonds. The fourth-order valence-corrected chi connectivity index (χ4v) is 2.76. The topological polar surface area (TPSA) is 47.7 Å². The second kappa shape index (κ2) is 7.31. The van der Waals surface area contributed by atoms with E-state index in [4.69, 9.17) is 15.2 Å². The molecule has 0 saturated carbocycles. The maximum absolute atomic E-state index is 5.92. The lowest BCUT2D eigenvalue weighted by Crippen LogP contribution is -2.52. The number of nitrogens with two attached hydrogens (primary N) is 1. The van der Waals surface area contributed by atoms with Crippen LogP contribution in [0.25, 0.3) is 0 Å². The third-order valence-corrected chi connectivity index (χ3v) is 4.15. The Morgan fingerprint density at radius 1 is 1.29 bits per heavy atom. The summed E-state index contributed by atoms with van der Waals surface area (Å²) in [6.45, 7) is 6.45. The van der Waals surface area contributed by atoms with Crippen LogP contribution in [0.4, 0.5) is 0 Å². The first-order valence-electron chi connectivity index (χ1n) is 6.65. The third-order valence-electron chi connectivity index (χ3n) is 4.15. The van der Waals surface area contributed by atoms with Gasteiger partial charge in [-0.3, -0.25) is 4.90 Å². The minimum Gasteiger partial charge on any atom is -0.356 e. The van der Waals surface area contributed by atoms with Gasteiger partial charge in [0, 0.05) is 39.3 Å². The van der Waals surface area contributed by atoms with Crippen molar-refractivity contribution in [3.63, 3.8) is 0 Å². The highest BCUT2D eigenvalue weighted by molar-refractivity contribution is 4.85. The molecule has 4 nitrogen and oxygen atoms in total. The van der Waals surface area contributed by atoms with Crippen molar-refractivity contribution in [3.8, 4) is 0 Å². The lowest BCUT2D eigenvalue weighted by atomic mass is 9.90. The molecule has 17 heavy (non-hydrogen) atoms. The zero-order valence-corrected chi connectivity index (χ0v) is 11.7. The van der Waals surface area contributed by atoms with Crippen molar-refractivity contribution >= 4 is 0 Å². The maximum atomic E-state index is 5.92. The molecule has 1 rings (SSSR count). The molecule has 1 fully saturated rings. The second-order valence-corrected chi connectivity index (χ2v) is 5.12. The van der Waals surface area contributed by atoms with Crippen LogP contribution in [0.1, 0.15) is 33.1 Å². The summed E-state index contributed by atoms with van der Waals surface area (Å²) in [5.41, 5.74) is 5.92. The van der Waals surface area contributed by atoms with E-state index in [-0.39, 0.29) is 6.29 Å². The van der Waals surface area contributed by atoms with Gasteiger partial charge in [-0.05, 0) is 32.2 Å². The number of likely N-dealkylation sites (tertiary alicyclic amines) is 1. The monoisotopic (exact) mass is 244 g/mol. The standard InChI is InChI=1S/C13H28N2O2/c1-10-6-5-7-15(11(10)2)12(9-14)8-13(16-3)17-4/h10-13H,5-9,14H2,1-4H3. The number of rotatable bonds is 6. The van der Waals surface area contributed by atoms with Gasteiger partial charge in [-0.1, -0.05) is 6.92 Å². The lowest BCUT2D eigenvalue weighted by Gasteiger charge is -2.43. The van der Waals surface area contributed by atoms with Crippen LogP contribution < -0.4 is 5.73 Å². The summed E-state index contributed by atoms with van der Waals surface area (Å²) < 4.78 is 10.6. The molecule has 1 aliphatic rings. The van der Waals surface area contributed by atoms with Crippen LogP contribution in [-0.4, -0.2) is 50.6 Å². The molecule has 3 unspecified atom stereocenters. The summed E-state index contributed by atoms with van der Waals surface area (Å²) in [5.74, 6) is 0.751. The van der Waals surface area contributed by atoms with Crippen LogP contribution in [0.2, 0.25) is 0 Å². The van der Waals surface area contributed by atoms with E-state index in [1.807, 2.05) is 0 Å². The zero-order valence-electron chi connectivity index (χ0n) is 11.7. The quantitative estimate of drug-likeness (QED) is 0.718. The highest BCUT2D eigenvalue weighted by Gasteiger charge is 2.30. The number of piperidine rings is 1. The molecule has 1 heterocycles. The number of nitrogens with zero attached hydrogens (tertiary/aromatic N) is 1. The van der Waals surface area contributed by atoms with Gasteiger partial charge in [-0.2, -0.15) is 0 Å². The average molecular weight is 244 g/mol. The first-order chi connectivity index (χ1) is 8.13. The molecule has 0 spiro atoms. The van der Waals surface area contributed by atoms with Crippen LogP contribution in [0.5, 0.6) is 0 Å². The van der Waals surface area contributed by atoms with Crippen molar-refractivity contribution in [2.24, 2.45) is 11.7 Å². The first-order valence-corrected chi connectivity index (χ1v) is 6.65. The van der Waals surface area contributed by atoms with Gasteiger partial charge < -0.3 is 15.2 Å². The first kappa shape index (κ1) is 14.9. The molecule has 3 atom stereocenters. The van der Waals surface area contributed by atoms with Crippen LogP contribution in [0.15, 0.2) is 0 Å². The van der Waals surface area contributed by atoms with E-state index in [1.54, 1.807) is 14.2 Å². The van der Waals surface area contributed by atoms with Crippen molar-refractivity contribution in [3.05, 3.63) is 0 Å². The van der Waals surface area contributed by atoms with E-state index < -0.39 is 0 Å². The number of ether oxygens (including phenoxy) is 2. The Morgan fingerprint density at radius 3 is 2.47 bits per heavy atom. The Hall–Kier alpha value is -0.160. The Labute approximate surface area is 105 Å². The van der Waals surface area contributed by atoms with Crippen molar-refractivity contribution in [2.75, 3.05) is 27.3 Å². The van der Waals surface area contributed by atoms with Gasteiger partial charge in [0.25, 0.3) is 0 Å². The van der Waals surface area contributed by atoms with Crippen LogP contribution in [0.3, 0.4) is 0 Å². The fourth-order valence-electron chi connectivity index (χ4n) is 2.76. The molecule has 0 aliphatic carbocycles. The molecule has 102 valence electrons. The molecule has 0 bridgehead atoms. The van der Waals surface area contributed by atoms with Gasteiger partial charge in [0.2, 0.25) is 0 Å². The van der Waals surface area contributed by atoms with E-state index >= 15 is 0 Å². The highest BCUT2D eigenvalue weighted by atomic mass is 16.7. The van der Waals surface area contributed by atoms with Crippen LogP contribution in [-0.2, 0) is 9.47 Å². The molecular formula is C13H28N2O2. The Bertz CT molecular complexity index is 210. The summed E-state index contributed by atoms with van der Waals surface area (Å²) in [6.07, 6.45) is 3.30. The van der Waals surface area contributed by atoms with E-state index in [1.165, 1.54) is 12.8 Å². The number of methoxy groups -OCH3 is 2. The lowest BCUT2D eigenvalue weighted by molar-refractivity contribution is -0.120. The normalized spacial score (nSPS) is 28.6. The Morgan fingerprint density at radius 2 is 1.94 bits per heavy atom. The average Bonchev–Trinajstić information content (AvgIpc) is 2.35. The van der Waals surface area contributed by atoms with E-state index in [0.717, 1.165) is 18.9 Å². The van der Waals surface area contributed by atoms with Gasteiger partial charge in [0.1, 0.15) is 0 Å². The molecule has 4 heteroatoms. The zero-order chi connectivity index (χ0) is 12.8. The minimum absolute atomic E-state index is 0.145.